The number of methoxy groups -OCH3 is 1. The maximum Gasteiger partial charge on any atom is 0.248 e. The molecule has 0 bridgehead atoms. The van der Waals surface area contributed by atoms with E-state index in [-0.39, 0.29) is 42.4 Å². The lowest BCUT2D eigenvalue weighted by molar-refractivity contribution is -0.145. The monoisotopic (exact) mass is 478 g/mol. The molecule has 1 fully saturated rings. The highest BCUT2D eigenvalue weighted by Gasteiger charge is 2.43. The zero-order valence-electron chi connectivity index (χ0n) is 20.1. The van der Waals surface area contributed by atoms with E-state index in [9.17, 15) is 9.59 Å². The number of hydrazone groups is 1. The van der Waals surface area contributed by atoms with Gasteiger partial charge in [0.2, 0.25) is 11.8 Å². The molecule has 0 aliphatic carbocycles. The second kappa shape index (κ2) is 9.14. The first-order chi connectivity index (χ1) is 15.1. The summed E-state index contributed by atoms with van der Waals surface area (Å²) in [6.45, 7) is 9.29. The molecule has 3 heterocycles. The number of nitrogens with two attached hydrogens (primary N) is 1. The van der Waals surface area contributed by atoms with Crippen LogP contribution < -0.4 is 15.2 Å². The Bertz CT molecular complexity index is 967. The molecule has 0 radical (unpaired) electrons. The highest BCUT2D eigenvalue weighted by molar-refractivity contribution is 6.07. The number of fused-ring (bicyclic) bond motifs is 1. The average Bonchev–Trinajstić information content (AvgIpc) is 3.09. The van der Waals surface area contributed by atoms with Crippen molar-refractivity contribution in [2.24, 2.45) is 16.3 Å². The zero-order chi connectivity index (χ0) is 23.3. The van der Waals surface area contributed by atoms with Crippen molar-refractivity contribution in [1.82, 2.24) is 9.91 Å². The summed E-state index contributed by atoms with van der Waals surface area (Å²) in [6, 6.07) is 3.93. The van der Waals surface area contributed by atoms with Crippen LogP contribution in [0.2, 0.25) is 0 Å². The second-order valence-corrected chi connectivity index (χ2v) is 10.2. The summed E-state index contributed by atoms with van der Waals surface area (Å²) < 4.78 is 11.7. The molecule has 4 rings (SSSR count). The summed E-state index contributed by atoms with van der Waals surface area (Å²) in [5.74, 6) is 1.48. The van der Waals surface area contributed by atoms with Crippen molar-refractivity contribution in [1.29, 1.82) is 0 Å². The van der Waals surface area contributed by atoms with Crippen LogP contribution in [-0.4, -0.2) is 65.8 Å². The number of carbonyl (C=O) groups is 2. The molecule has 0 unspecified atom stereocenters. The van der Waals surface area contributed by atoms with Crippen LogP contribution in [0.15, 0.2) is 17.2 Å². The standard InChI is InChI=1S/C24H34N4O4.ClH/c1-23(2)13-18(16-6-7-19(31-5)21-17(16)12-24(3,4)32-21)26-28(22(23)30)15-8-10-27(11-9-15)20(29)14-25;/h6-7,15H,8-14,25H2,1-5H3;1H. The summed E-state index contributed by atoms with van der Waals surface area (Å²) in [5, 5.41) is 6.58. The maximum absolute atomic E-state index is 13.3. The van der Waals surface area contributed by atoms with Crippen LogP contribution >= 0.6 is 12.4 Å². The summed E-state index contributed by atoms with van der Waals surface area (Å²) in [6.07, 6.45) is 2.70. The van der Waals surface area contributed by atoms with Gasteiger partial charge in [-0.15, -0.1) is 12.4 Å². The van der Waals surface area contributed by atoms with Crippen molar-refractivity contribution in [3.63, 3.8) is 0 Å². The van der Waals surface area contributed by atoms with E-state index in [1.54, 1.807) is 17.0 Å². The largest absolute Gasteiger partial charge is 0.493 e. The van der Waals surface area contributed by atoms with Crippen LogP contribution in [0, 0.1) is 5.41 Å². The van der Waals surface area contributed by atoms with E-state index < -0.39 is 5.41 Å². The maximum atomic E-state index is 13.3. The molecule has 2 N–H and O–H groups in total. The molecule has 1 aromatic carbocycles. The van der Waals surface area contributed by atoms with Gasteiger partial charge in [-0.2, -0.15) is 5.10 Å². The van der Waals surface area contributed by atoms with E-state index in [1.807, 2.05) is 26.0 Å². The van der Waals surface area contributed by atoms with Crippen LogP contribution in [0.3, 0.4) is 0 Å². The number of halogens is 1. The van der Waals surface area contributed by atoms with Gasteiger partial charge in [0.1, 0.15) is 5.60 Å². The zero-order valence-corrected chi connectivity index (χ0v) is 21.0. The topological polar surface area (TPSA) is 97.5 Å². The summed E-state index contributed by atoms with van der Waals surface area (Å²) in [5.41, 5.74) is 7.62. The van der Waals surface area contributed by atoms with Crippen molar-refractivity contribution in [2.45, 2.75) is 65.0 Å². The minimum Gasteiger partial charge on any atom is -0.493 e. The number of benzene rings is 1. The molecular formula is C24H35ClN4O4. The van der Waals surface area contributed by atoms with Gasteiger partial charge in [0, 0.05) is 37.1 Å². The third-order valence-electron chi connectivity index (χ3n) is 6.70. The van der Waals surface area contributed by atoms with Crippen LogP contribution in [0.5, 0.6) is 11.5 Å². The van der Waals surface area contributed by atoms with Crippen molar-refractivity contribution in [3.05, 3.63) is 23.3 Å². The molecule has 3 aliphatic rings. The normalized spacial score (nSPS) is 21.6. The molecular weight excluding hydrogens is 444 g/mol. The van der Waals surface area contributed by atoms with Gasteiger partial charge in [0.05, 0.1) is 30.8 Å². The third-order valence-corrected chi connectivity index (χ3v) is 6.70. The Morgan fingerprint density at radius 2 is 1.88 bits per heavy atom. The van der Waals surface area contributed by atoms with Gasteiger partial charge in [0.15, 0.2) is 11.5 Å². The van der Waals surface area contributed by atoms with Crippen LogP contribution in [0.1, 0.15) is 58.1 Å². The molecule has 182 valence electrons. The van der Waals surface area contributed by atoms with Crippen LogP contribution in [-0.2, 0) is 16.0 Å². The molecule has 33 heavy (non-hydrogen) atoms. The van der Waals surface area contributed by atoms with Gasteiger partial charge in [-0.1, -0.05) is 13.8 Å². The first-order valence-corrected chi connectivity index (χ1v) is 11.3. The van der Waals surface area contributed by atoms with Gasteiger partial charge in [-0.3, -0.25) is 9.59 Å². The predicted octanol–water partition coefficient (Wildman–Crippen LogP) is 2.74. The first-order valence-electron chi connectivity index (χ1n) is 11.3. The number of carbonyl (C=O) groups excluding carboxylic acids is 2. The van der Waals surface area contributed by atoms with Gasteiger partial charge in [0.25, 0.3) is 0 Å². The number of piperidine rings is 1. The van der Waals surface area contributed by atoms with Gasteiger partial charge in [-0.05, 0) is 38.8 Å². The van der Waals surface area contributed by atoms with Crippen LogP contribution in [0.25, 0.3) is 0 Å². The molecule has 0 spiro atoms. The molecule has 3 aliphatic heterocycles. The highest BCUT2D eigenvalue weighted by Crippen LogP contribution is 2.45. The fourth-order valence-corrected chi connectivity index (χ4v) is 4.96. The lowest BCUT2D eigenvalue weighted by atomic mass is 9.80. The Hall–Kier alpha value is -2.32. The quantitative estimate of drug-likeness (QED) is 0.717. The Kier molecular flexibility index (Phi) is 7.01. The summed E-state index contributed by atoms with van der Waals surface area (Å²) >= 11 is 0. The molecule has 0 aromatic heterocycles. The summed E-state index contributed by atoms with van der Waals surface area (Å²) in [7, 11) is 1.65. The Balaban J connectivity index is 0.00000306. The van der Waals surface area contributed by atoms with Crippen molar-refractivity contribution >= 4 is 29.9 Å². The molecule has 0 atom stereocenters. The average molecular weight is 479 g/mol. The molecule has 2 amide bonds. The fraction of sp³-hybridized carbons (Fsp3) is 0.625. The van der Waals surface area contributed by atoms with E-state index in [0.717, 1.165) is 34.8 Å². The number of hydrogen-bond donors (Lipinski definition) is 1. The SMILES string of the molecule is COc1ccc(C2=NN(C3CCN(C(=O)CN)CC3)C(=O)C(C)(C)C2)c2c1OC(C)(C)C2.Cl. The smallest absolute Gasteiger partial charge is 0.248 e. The number of hydrogen-bond acceptors (Lipinski definition) is 6. The van der Waals surface area contributed by atoms with Gasteiger partial charge >= 0.3 is 0 Å². The molecule has 1 saturated heterocycles. The molecule has 1 aromatic rings. The van der Waals surface area contributed by atoms with E-state index in [2.05, 4.69) is 13.8 Å². The van der Waals surface area contributed by atoms with Crippen molar-refractivity contribution in [2.75, 3.05) is 26.7 Å². The summed E-state index contributed by atoms with van der Waals surface area (Å²) in [4.78, 5) is 27.0. The Morgan fingerprint density at radius 1 is 1.21 bits per heavy atom. The van der Waals surface area contributed by atoms with Gasteiger partial charge in [-0.25, -0.2) is 5.01 Å². The molecule has 9 heteroatoms. The third kappa shape index (κ3) is 4.68. The van der Waals surface area contributed by atoms with E-state index in [4.69, 9.17) is 20.3 Å². The highest BCUT2D eigenvalue weighted by atomic mass is 35.5. The minimum absolute atomic E-state index is 0. The molecule has 8 nitrogen and oxygen atoms in total. The van der Waals surface area contributed by atoms with E-state index in [1.165, 1.54) is 0 Å². The van der Waals surface area contributed by atoms with E-state index in [0.29, 0.717) is 32.4 Å². The van der Waals surface area contributed by atoms with Crippen molar-refractivity contribution < 1.29 is 19.1 Å². The number of likely N-dealkylation sites (tertiary alicyclic amines) is 1. The number of ether oxygens (including phenoxy) is 2. The number of nitrogens with zero attached hydrogens (tertiary/aromatic N) is 3. The Labute approximate surface area is 201 Å². The van der Waals surface area contributed by atoms with Crippen LogP contribution in [0.4, 0.5) is 0 Å². The van der Waals surface area contributed by atoms with Crippen molar-refractivity contribution in [3.8, 4) is 11.5 Å². The first kappa shape index (κ1) is 25.3. The molecule has 0 saturated carbocycles. The predicted molar refractivity (Wildman–Crippen MR) is 129 cm³/mol. The van der Waals surface area contributed by atoms with E-state index >= 15 is 0 Å². The van der Waals surface area contributed by atoms with Gasteiger partial charge < -0.3 is 20.1 Å². The minimum atomic E-state index is -0.566. The fourth-order valence-electron chi connectivity index (χ4n) is 4.96. The Morgan fingerprint density at radius 3 is 2.48 bits per heavy atom. The number of amides is 2. The number of rotatable bonds is 4. The lowest BCUT2D eigenvalue weighted by Crippen LogP contribution is -2.53. The second-order valence-electron chi connectivity index (χ2n) is 10.2. The lowest BCUT2D eigenvalue weighted by Gasteiger charge is -2.42.